The Morgan fingerprint density at radius 3 is 2.60 bits per heavy atom. The number of piperazine rings is 1. The number of hydrogen-bond donors (Lipinski definition) is 3. The Kier molecular flexibility index (Phi) is 5.63. The maximum Gasteiger partial charge on any atom is 0.181 e. The lowest BCUT2D eigenvalue weighted by Gasteiger charge is -2.34. The summed E-state index contributed by atoms with van der Waals surface area (Å²) >= 11 is 0. The molecule has 9 nitrogen and oxygen atoms in total. The minimum atomic E-state index is 0.691. The molecule has 1 aliphatic rings. The monoisotopic (exact) mass is 467 g/mol. The molecule has 178 valence electrons. The molecule has 0 aliphatic carbocycles. The molecule has 1 fully saturated rings. The van der Waals surface area contributed by atoms with Crippen LogP contribution in [0.1, 0.15) is 12.5 Å². The summed E-state index contributed by atoms with van der Waals surface area (Å²) in [5, 5.41) is 13.2. The first kappa shape index (κ1) is 21.7. The summed E-state index contributed by atoms with van der Waals surface area (Å²) < 4.78 is 0. The van der Waals surface area contributed by atoms with Crippen LogP contribution in [-0.2, 0) is 6.54 Å². The molecular formula is C26H29N9. The van der Waals surface area contributed by atoms with Crippen LogP contribution in [0.3, 0.4) is 0 Å². The Morgan fingerprint density at radius 1 is 0.914 bits per heavy atom. The van der Waals surface area contributed by atoms with Gasteiger partial charge in [0.25, 0.3) is 0 Å². The summed E-state index contributed by atoms with van der Waals surface area (Å²) in [5.74, 6) is 0. The maximum absolute atomic E-state index is 4.62. The van der Waals surface area contributed by atoms with Gasteiger partial charge in [-0.05, 0) is 37.4 Å². The topological polar surface area (TPSA) is 102 Å². The molecule has 0 unspecified atom stereocenters. The zero-order chi connectivity index (χ0) is 23.8. The Balaban J connectivity index is 1.38. The Bertz CT molecular complexity index is 1480. The van der Waals surface area contributed by atoms with E-state index in [0.29, 0.717) is 5.65 Å². The number of fused-ring (bicyclic) bond motifs is 2. The second-order valence-corrected chi connectivity index (χ2v) is 9.15. The van der Waals surface area contributed by atoms with Crippen molar-refractivity contribution in [3.8, 4) is 22.5 Å². The van der Waals surface area contributed by atoms with E-state index >= 15 is 0 Å². The second kappa shape index (κ2) is 9.09. The first-order valence-electron chi connectivity index (χ1n) is 12.1. The van der Waals surface area contributed by atoms with Crippen LogP contribution in [-0.4, -0.2) is 74.8 Å². The van der Waals surface area contributed by atoms with Gasteiger partial charge in [-0.1, -0.05) is 6.92 Å². The van der Waals surface area contributed by atoms with E-state index in [9.17, 15) is 0 Å². The Hall–Kier alpha value is -3.82. The van der Waals surface area contributed by atoms with Gasteiger partial charge in [-0.2, -0.15) is 5.10 Å². The zero-order valence-corrected chi connectivity index (χ0v) is 20.0. The fraction of sp³-hybridized carbons (Fsp3) is 0.308. The molecule has 35 heavy (non-hydrogen) atoms. The molecule has 0 bridgehead atoms. The summed E-state index contributed by atoms with van der Waals surface area (Å²) in [6.45, 7) is 7.92. The highest BCUT2D eigenvalue weighted by molar-refractivity contribution is 5.99. The third kappa shape index (κ3) is 4.13. The van der Waals surface area contributed by atoms with E-state index in [1.807, 2.05) is 31.0 Å². The molecule has 1 aliphatic heterocycles. The van der Waals surface area contributed by atoms with Crippen LogP contribution in [0.2, 0.25) is 0 Å². The normalized spacial score (nSPS) is 14.9. The highest BCUT2D eigenvalue weighted by Crippen LogP contribution is 2.34. The molecular weight excluding hydrogens is 438 g/mol. The number of aromatic amines is 2. The second-order valence-electron chi connectivity index (χ2n) is 9.15. The quantitative estimate of drug-likeness (QED) is 0.352. The van der Waals surface area contributed by atoms with Gasteiger partial charge in [0.15, 0.2) is 5.65 Å². The molecule has 0 spiro atoms. The fourth-order valence-electron chi connectivity index (χ4n) is 4.74. The summed E-state index contributed by atoms with van der Waals surface area (Å²) in [4.78, 5) is 21.9. The van der Waals surface area contributed by atoms with Gasteiger partial charge < -0.3 is 20.1 Å². The standard InChI is InChI=1S/C26H29N9/c1-3-27-11-17-8-18(13-28-12-17)19-9-21-25(32-33-26(21)30-14-19)22-10-20-23(31-22)15-29-16-24(20)35-6-4-34(2)5-7-35/h8-10,12-16,27,31H,3-7,11H2,1-2H3,(H,30,32,33). The zero-order valence-electron chi connectivity index (χ0n) is 20.0. The Labute approximate surface area is 203 Å². The van der Waals surface area contributed by atoms with Crippen molar-refractivity contribution in [2.45, 2.75) is 13.5 Å². The van der Waals surface area contributed by atoms with Crippen molar-refractivity contribution in [3.63, 3.8) is 0 Å². The molecule has 9 heteroatoms. The summed E-state index contributed by atoms with van der Waals surface area (Å²) in [6, 6.07) is 6.50. The summed E-state index contributed by atoms with van der Waals surface area (Å²) in [5.41, 5.74) is 7.98. The number of H-pyrrole nitrogens is 2. The van der Waals surface area contributed by atoms with E-state index in [1.165, 1.54) is 11.1 Å². The van der Waals surface area contributed by atoms with Crippen LogP contribution >= 0.6 is 0 Å². The molecule has 0 atom stereocenters. The number of aromatic nitrogens is 6. The van der Waals surface area contributed by atoms with Crippen molar-refractivity contribution in [3.05, 3.63) is 54.7 Å². The van der Waals surface area contributed by atoms with Crippen LogP contribution < -0.4 is 10.2 Å². The number of rotatable bonds is 6. The van der Waals surface area contributed by atoms with Crippen molar-refractivity contribution >= 4 is 27.6 Å². The first-order valence-corrected chi connectivity index (χ1v) is 12.1. The van der Waals surface area contributed by atoms with Crippen LogP contribution in [0.5, 0.6) is 0 Å². The largest absolute Gasteiger partial charge is 0.367 e. The summed E-state index contributed by atoms with van der Waals surface area (Å²) in [7, 11) is 2.17. The molecule has 6 rings (SSSR count). The molecule has 5 aromatic heterocycles. The van der Waals surface area contributed by atoms with Crippen LogP contribution in [0, 0.1) is 0 Å². The van der Waals surface area contributed by atoms with E-state index in [1.54, 1.807) is 0 Å². The number of likely N-dealkylation sites (N-methyl/N-ethyl adjacent to an activating group) is 1. The number of pyridine rings is 3. The lowest BCUT2D eigenvalue weighted by molar-refractivity contribution is 0.313. The molecule has 0 amide bonds. The predicted octanol–water partition coefficient (Wildman–Crippen LogP) is 3.42. The van der Waals surface area contributed by atoms with Crippen molar-refractivity contribution in [1.82, 2.24) is 40.3 Å². The lowest BCUT2D eigenvalue weighted by Crippen LogP contribution is -2.44. The predicted molar refractivity (Wildman–Crippen MR) is 139 cm³/mol. The van der Waals surface area contributed by atoms with E-state index in [4.69, 9.17) is 0 Å². The smallest absolute Gasteiger partial charge is 0.181 e. The molecule has 0 saturated carbocycles. The molecule has 1 saturated heterocycles. The minimum absolute atomic E-state index is 0.691. The maximum atomic E-state index is 4.62. The molecule has 6 heterocycles. The molecule has 0 aromatic carbocycles. The minimum Gasteiger partial charge on any atom is -0.367 e. The van der Waals surface area contributed by atoms with E-state index in [-0.39, 0.29) is 0 Å². The number of nitrogens with zero attached hydrogens (tertiary/aromatic N) is 6. The van der Waals surface area contributed by atoms with E-state index in [2.05, 4.69) is 77.4 Å². The third-order valence-corrected chi connectivity index (χ3v) is 6.75. The van der Waals surface area contributed by atoms with Gasteiger partial charge in [-0.15, -0.1) is 0 Å². The van der Waals surface area contributed by atoms with Crippen molar-refractivity contribution < 1.29 is 0 Å². The van der Waals surface area contributed by atoms with Gasteiger partial charge in [-0.3, -0.25) is 15.1 Å². The van der Waals surface area contributed by atoms with Gasteiger partial charge in [-0.25, -0.2) is 4.98 Å². The van der Waals surface area contributed by atoms with Crippen LogP contribution in [0.15, 0.2) is 49.2 Å². The van der Waals surface area contributed by atoms with Crippen LogP contribution in [0.25, 0.3) is 44.5 Å². The van der Waals surface area contributed by atoms with Gasteiger partial charge in [0.2, 0.25) is 0 Å². The van der Waals surface area contributed by atoms with Crippen LogP contribution in [0.4, 0.5) is 5.69 Å². The van der Waals surface area contributed by atoms with Gasteiger partial charge in [0.05, 0.1) is 35.0 Å². The van der Waals surface area contributed by atoms with Gasteiger partial charge >= 0.3 is 0 Å². The highest BCUT2D eigenvalue weighted by Gasteiger charge is 2.19. The molecule has 5 aromatic rings. The van der Waals surface area contributed by atoms with Gasteiger partial charge in [0, 0.05) is 73.2 Å². The van der Waals surface area contributed by atoms with E-state index < -0.39 is 0 Å². The average molecular weight is 468 g/mol. The first-order chi connectivity index (χ1) is 17.2. The lowest BCUT2D eigenvalue weighted by atomic mass is 10.1. The molecule has 0 radical (unpaired) electrons. The van der Waals surface area contributed by atoms with Gasteiger partial charge in [0.1, 0.15) is 0 Å². The Morgan fingerprint density at radius 2 is 1.74 bits per heavy atom. The highest BCUT2D eigenvalue weighted by atomic mass is 15.3. The van der Waals surface area contributed by atoms with Crippen molar-refractivity contribution in [1.29, 1.82) is 0 Å². The van der Waals surface area contributed by atoms with Crippen molar-refractivity contribution in [2.24, 2.45) is 0 Å². The third-order valence-electron chi connectivity index (χ3n) is 6.75. The fourth-order valence-corrected chi connectivity index (χ4v) is 4.74. The SMILES string of the molecule is CCNCc1cncc(-c2cnc3n[nH]c(-c4cc5c(N6CCN(C)CC6)cncc5[nH]4)c3c2)c1. The number of anilines is 1. The van der Waals surface area contributed by atoms with Crippen molar-refractivity contribution in [2.75, 3.05) is 44.7 Å². The molecule has 3 N–H and O–H groups in total. The number of nitrogens with one attached hydrogen (secondary N) is 3. The van der Waals surface area contributed by atoms with E-state index in [0.717, 1.165) is 78.2 Å². The summed E-state index contributed by atoms with van der Waals surface area (Å²) in [6.07, 6.45) is 9.51. The number of hydrogen-bond acceptors (Lipinski definition) is 7. The average Bonchev–Trinajstić information content (AvgIpc) is 3.51.